The maximum atomic E-state index is 12.0. The van der Waals surface area contributed by atoms with Gasteiger partial charge in [-0.05, 0) is 44.4 Å². The van der Waals surface area contributed by atoms with E-state index < -0.39 is 5.91 Å². The second-order valence-electron chi connectivity index (χ2n) is 6.46. The lowest BCUT2D eigenvalue weighted by molar-refractivity contribution is 0.100. The summed E-state index contributed by atoms with van der Waals surface area (Å²) >= 11 is 0. The molecule has 2 aromatic rings. The molecule has 1 aliphatic carbocycles. The highest BCUT2D eigenvalue weighted by atomic mass is 16.3. The van der Waals surface area contributed by atoms with E-state index in [2.05, 4.69) is 11.9 Å². The third-order valence-electron chi connectivity index (χ3n) is 4.92. The molecular formula is C18H22N4O2. The number of hydrogen-bond acceptors (Lipinski definition) is 4. The highest BCUT2D eigenvalue weighted by Gasteiger charge is 2.28. The first-order valence-corrected chi connectivity index (χ1v) is 7.92. The third kappa shape index (κ3) is 2.10. The minimum atomic E-state index is -0.576. The fourth-order valence-corrected chi connectivity index (χ4v) is 3.44. The van der Waals surface area contributed by atoms with Crippen LogP contribution in [0.15, 0.2) is 23.6 Å². The summed E-state index contributed by atoms with van der Waals surface area (Å²) in [7, 11) is 0. The predicted octanol–water partition coefficient (Wildman–Crippen LogP) is 3.05. The van der Waals surface area contributed by atoms with Gasteiger partial charge in [-0.3, -0.25) is 9.36 Å². The average molecular weight is 326 g/mol. The normalized spacial score (nSPS) is 18.2. The Morgan fingerprint density at radius 2 is 2.04 bits per heavy atom. The Morgan fingerprint density at radius 3 is 2.67 bits per heavy atom. The molecule has 0 spiro atoms. The van der Waals surface area contributed by atoms with Crippen molar-refractivity contribution >= 4 is 28.5 Å². The number of allylic oxidation sites excluding steroid dienone is 3. The van der Waals surface area contributed by atoms with Gasteiger partial charge in [-0.1, -0.05) is 6.92 Å². The standard InChI is InChI=1S/C18H22N4O2/c1-8-5-6-12(23)11(4)15(8)22-16(19)14(17(20)24)13-10(3)9(2)7-21-18(13)22/h6-8,23H,5,19H2,1-4H3,(H2,20,24). The molecule has 1 aliphatic rings. The zero-order valence-corrected chi connectivity index (χ0v) is 14.3. The quantitative estimate of drug-likeness (QED) is 0.788. The topological polar surface area (TPSA) is 107 Å². The molecule has 0 fully saturated rings. The average Bonchev–Trinajstić information content (AvgIpc) is 2.81. The molecule has 1 amide bonds. The summed E-state index contributed by atoms with van der Waals surface area (Å²) in [5, 5.41) is 10.8. The maximum absolute atomic E-state index is 12.0. The number of amides is 1. The number of nitrogen functional groups attached to an aromatic ring is 1. The number of aryl methyl sites for hydroxylation is 2. The van der Waals surface area contributed by atoms with Crippen molar-refractivity contribution < 1.29 is 9.90 Å². The lowest BCUT2D eigenvalue weighted by Crippen LogP contribution is -2.17. The molecule has 0 aromatic carbocycles. The minimum Gasteiger partial charge on any atom is -0.508 e. The van der Waals surface area contributed by atoms with Gasteiger partial charge in [0.25, 0.3) is 5.91 Å². The fourth-order valence-electron chi connectivity index (χ4n) is 3.44. The molecule has 2 aromatic heterocycles. The van der Waals surface area contributed by atoms with E-state index >= 15 is 0 Å². The lowest BCUT2D eigenvalue weighted by Gasteiger charge is -2.24. The van der Waals surface area contributed by atoms with Crippen LogP contribution in [0, 0.1) is 19.8 Å². The van der Waals surface area contributed by atoms with Crippen LogP contribution < -0.4 is 11.5 Å². The number of hydrogen-bond donors (Lipinski definition) is 3. The lowest BCUT2D eigenvalue weighted by atomic mass is 9.93. The van der Waals surface area contributed by atoms with Crippen LogP contribution in [0.2, 0.25) is 0 Å². The molecule has 0 saturated heterocycles. The summed E-state index contributed by atoms with van der Waals surface area (Å²) in [5.41, 5.74) is 16.3. The number of nitrogens with zero attached hydrogens (tertiary/aromatic N) is 2. The second kappa shape index (κ2) is 5.40. The SMILES string of the molecule is CC1=C(n2c(N)c(C(N)=O)c3c(C)c(C)cnc32)C(C)CC=C1O. The molecule has 0 bridgehead atoms. The number of primary amides is 1. The van der Waals surface area contributed by atoms with Crippen LogP contribution in [0.3, 0.4) is 0 Å². The Hall–Kier alpha value is -2.76. The molecule has 6 heteroatoms. The molecule has 24 heavy (non-hydrogen) atoms. The molecule has 1 atom stereocenters. The predicted molar refractivity (Wildman–Crippen MR) is 95.5 cm³/mol. The first kappa shape index (κ1) is 16.1. The van der Waals surface area contributed by atoms with Crippen molar-refractivity contribution in [3.8, 4) is 0 Å². The molecule has 0 saturated carbocycles. The summed E-state index contributed by atoms with van der Waals surface area (Å²) in [4.78, 5) is 16.6. The number of anilines is 1. The van der Waals surface area contributed by atoms with E-state index in [0.29, 0.717) is 23.0 Å². The van der Waals surface area contributed by atoms with Crippen molar-refractivity contribution in [3.05, 3.63) is 40.3 Å². The van der Waals surface area contributed by atoms with Crippen molar-refractivity contribution in [3.63, 3.8) is 0 Å². The zero-order chi connectivity index (χ0) is 17.8. The van der Waals surface area contributed by atoms with Crippen molar-refractivity contribution in [2.45, 2.75) is 34.1 Å². The van der Waals surface area contributed by atoms with Crippen molar-refractivity contribution in [1.82, 2.24) is 9.55 Å². The Bertz CT molecular complexity index is 934. The minimum absolute atomic E-state index is 0.128. The van der Waals surface area contributed by atoms with E-state index in [1.807, 2.05) is 20.8 Å². The Morgan fingerprint density at radius 1 is 1.38 bits per heavy atom. The summed E-state index contributed by atoms with van der Waals surface area (Å²) < 4.78 is 1.77. The van der Waals surface area contributed by atoms with E-state index in [1.54, 1.807) is 16.8 Å². The van der Waals surface area contributed by atoms with Gasteiger partial charge >= 0.3 is 0 Å². The van der Waals surface area contributed by atoms with Gasteiger partial charge < -0.3 is 16.6 Å². The van der Waals surface area contributed by atoms with Gasteiger partial charge in [-0.2, -0.15) is 0 Å². The van der Waals surface area contributed by atoms with Crippen molar-refractivity contribution in [1.29, 1.82) is 0 Å². The van der Waals surface area contributed by atoms with E-state index in [1.165, 1.54) is 0 Å². The fraction of sp³-hybridized carbons (Fsp3) is 0.333. The highest BCUT2D eigenvalue weighted by Crippen LogP contribution is 2.39. The number of aromatic nitrogens is 2. The zero-order valence-electron chi connectivity index (χ0n) is 14.3. The van der Waals surface area contributed by atoms with E-state index in [0.717, 1.165) is 22.4 Å². The third-order valence-corrected chi connectivity index (χ3v) is 4.92. The molecular weight excluding hydrogens is 304 g/mol. The molecule has 2 heterocycles. The maximum Gasteiger partial charge on any atom is 0.253 e. The summed E-state index contributed by atoms with van der Waals surface area (Å²) in [6.07, 6.45) is 4.25. The van der Waals surface area contributed by atoms with Crippen LogP contribution in [-0.2, 0) is 0 Å². The van der Waals surface area contributed by atoms with Gasteiger partial charge in [-0.15, -0.1) is 0 Å². The summed E-state index contributed by atoms with van der Waals surface area (Å²) in [5.74, 6) is 0.0552. The molecule has 126 valence electrons. The van der Waals surface area contributed by atoms with Gasteiger partial charge in [0, 0.05) is 28.8 Å². The van der Waals surface area contributed by atoms with E-state index in [4.69, 9.17) is 11.5 Å². The number of rotatable bonds is 2. The van der Waals surface area contributed by atoms with Crippen LogP contribution in [0.25, 0.3) is 16.7 Å². The summed E-state index contributed by atoms with van der Waals surface area (Å²) in [6.45, 7) is 7.76. The van der Waals surface area contributed by atoms with Gasteiger partial charge in [0.05, 0.1) is 5.56 Å². The van der Waals surface area contributed by atoms with E-state index in [9.17, 15) is 9.90 Å². The van der Waals surface area contributed by atoms with Crippen LogP contribution in [-0.4, -0.2) is 20.6 Å². The Balaban J connectivity index is 2.49. The van der Waals surface area contributed by atoms with Gasteiger partial charge in [0.15, 0.2) is 0 Å². The van der Waals surface area contributed by atoms with Gasteiger partial charge in [0.2, 0.25) is 0 Å². The largest absolute Gasteiger partial charge is 0.508 e. The number of carbonyl (C=O) groups excluding carboxylic acids is 1. The van der Waals surface area contributed by atoms with Crippen LogP contribution in [0.1, 0.15) is 41.8 Å². The monoisotopic (exact) mass is 326 g/mol. The highest BCUT2D eigenvalue weighted by molar-refractivity contribution is 6.12. The smallest absolute Gasteiger partial charge is 0.253 e. The number of nitrogens with two attached hydrogens (primary N) is 2. The van der Waals surface area contributed by atoms with Gasteiger partial charge in [0.1, 0.15) is 17.2 Å². The first-order chi connectivity index (χ1) is 11.3. The second-order valence-corrected chi connectivity index (χ2v) is 6.46. The molecule has 6 nitrogen and oxygen atoms in total. The molecule has 0 aliphatic heterocycles. The molecule has 1 unspecified atom stereocenters. The number of carbonyl (C=O) groups is 1. The molecule has 0 radical (unpaired) electrons. The Labute approximate surface area is 140 Å². The first-order valence-electron chi connectivity index (χ1n) is 7.92. The number of aliphatic hydroxyl groups excluding tert-OH is 1. The van der Waals surface area contributed by atoms with Gasteiger partial charge in [-0.25, -0.2) is 4.98 Å². The molecule has 5 N–H and O–H groups in total. The van der Waals surface area contributed by atoms with Crippen LogP contribution in [0.5, 0.6) is 0 Å². The number of pyridine rings is 1. The van der Waals surface area contributed by atoms with Crippen molar-refractivity contribution in [2.24, 2.45) is 11.7 Å². The number of aliphatic hydroxyl groups is 1. The van der Waals surface area contributed by atoms with Crippen LogP contribution in [0.4, 0.5) is 5.82 Å². The van der Waals surface area contributed by atoms with E-state index in [-0.39, 0.29) is 17.5 Å². The summed E-state index contributed by atoms with van der Waals surface area (Å²) in [6, 6.07) is 0. The molecule has 3 rings (SSSR count). The number of fused-ring (bicyclic) bond motifs is 1. The van der Waals surface area contributed by atoms with Crippen molar-refractivity contribution in [2.75, 3.05) is 5.73 Å². The van der Waals surface area contributed by atoms with Crippen LogP contribution >= 0.6 is 0 Å². The Kier molecular flexibility index (Phi) is 3.63.